The van der Waals surface area contributed by atoms with E-state index in [1.807, 2.05) is 24.3 Å². The van der Waals surface area contributed by atoms with Gasteiger partial charge in [-0.15, -0.1) is 6.42 Å². The lowest BCUT2D eigenvalue weighted by Crippen LogP contribution is -2.33. The molecule has 116 valence electrons. The van der Waals surface area contributed by atoms with E-state index >= 15 is 0 Å². The van der Waals surface area contributed by atoms with Crippen LogP contribution in [-0.2, 0) is 6.42 Å². The van der Waals surface area contributed by atoms with Gasteiger partial charge in [0.05, 0.1) is 12.1 Å². The Labute approximate surface area is 135 Å². The summed E-state index contributed by atoms with van der Waals surface area (Å²) < 4.78 is 5.28. The van der Waals surface area contributed by atoms with Crippen LogP contribution in [-0.4, -0.2) is 23.7 Å². The van der Waals surface area contributed by atoms with Crippen LogP contribution in [0, 0.1) is 12.3 Å². The molecule has 0 aromatic heterocycles. The van der Waals surface area contributed by atoms with E-state index in [0.717, 1.165) is 11.1 Å². The van der Waals surface area contributed by atoms with Crippen LogP contribution in [0.2, 0.25) is 0 Å². The highest BCUT2D eigenvalue weighted by Crippen LogP contribution is 2.31. The van der Waals surface area contributed by atoms with Crippen LogP contribution in [0.15, 0.2) is 48.5 Å². The molecule has 2 N–H and O–H groups in total. The number of ether oxygens (including phenoxy) is 1. The number of nitrogens with one attached hydrogen (secondary N) is 1. The van der Waals surface area contributed by atoms with Crippen LogP contribution in [0.3, 0.4) is 0 Å². The fourth-order valence-electron chi connectivity index (χ4n) is 2.80. The van der Waals surface area contributed by atoms with Crippen LogP contribution in [0.1, 0.15) is 27.5 Å². The van der Waals surface area contributed by atoms with E-state index in [4.69, 9.17) is 11.2 Å². The Bertz CT molecular complexity index is 746. The molecule has 0 fully saturated rings. The molecule has 2 aromatic carbocycles. The molecule has 3 rings (SSSR count). The zero-order valence-electron chi connectivity index (χ0n) is 12.5. The summed E-state index contributed by atoms with van der Waals surface area (Å²) in [6.45, 7) is 0.191. The third-order valence-corrected chi connectivity index (χ3v) is 3.93. The fraction of sp³-hybridized carbons (Fsp3) is 0.211. The van der Waals surface area contributed by atoms with E-state index in [-0.39, 0.29) is 18.6 Å². The predicted molar refractivity (Wildman–Crippen MR) is 87.1 cm³/mol. The average molecular weight is 307 g/mol. The van der Waals surface area contributed by atoms with E-state index in [0.29, 0.717) is 17.7 Å². The van der Waals surface area contributed by atoms with Gasteiger partial charge in [-0.25, -0.2) is 0 Å². The lowest BCUT2D eigenvalue weighted by molar-refractivity contribution is 0.0858. The lowest BCUT2D eigenvalue weighted by Gasteiger charge is -2.18. The number of terminal acetylenes is 1. The van der Waals surface area contributed by atoms with Crippen molar-refractivity contribution < 1.29 is 14.6 Å². The molecule has 1 aliphatic carbocycles. The second-order valence-electron chi connectivity index (χ2n) is 5.44. The zero-order chi connectivity index (χ0) is 16.2. The summed E-state index contributed by atoms with van der Waals surface area (Å²) in [6.07, 6.45) is 5.09. The molecule has 2 aromatic rings. The van der Waals surface area contributed by atoms with E-state index in [2.05, 4.69) is 11.2 Å². The summed E-state index contributed by atoms with van der Waals surface area (Å²) in [4.78, 5) is 12.4. The molecule has 0 saturated heterocycles. The number of amides is 1. The van der Waals surface area contributed by atoms with Crippen LogP contribution < -0.4 is 10.1 Å². The van der Waals surface area contributed by atoms with E-state index in [1.54, 1.807) is 24.3 Å². The number of hydrogen-bond donors (Lipinski definition) is 2. The second kappa shape index (κ2) is 6.55. The summed E-state index contributed by atoms with van der Waals surface area (Å²) in [5, 5.41) is 13.1. The number of rotatable bonds is 4. The van der Waals surface area contributed by atoms with Crippen molar-refractivity contribution in [3.05, 3.63) is 65.2 Å². The molecule has 0 unspecified atom stereocenters. The van der Waals surface area contributed by atoms with Gasteiger partial charge < -0.3 is 15.2 Å². The molecule has 23 heavy (non-hydrogen) atoms. The number of fused-ring (bicyclic) bond motifs is 1. The minimum atomic E-state index is -0.602. The first kappa shape index (κ1) is 15.1. The topological polar surface area (TPSA) is 58.6 Å². The normalized spacial score (nSPS) is 18.8. The maximum atomic E-state index is 12.4. The van der Waals surface area contributed by atoms with Crippen LogP contribution in [0.25, 0.3) is 0 Å². The molecule has 0 aliphatic heterocycles. The fourth-order valence-corrected chi connectivity index (χ4v) is 2.80. The summed E-state index contributed by atoms with van der Waals surface area (Å²) >= 11 is 0. The first-order valence-electron chi connectivity index (χ1n) is 7.42. The SMILES string of the molecule is C#CCOc1ccc(C(=O)N[C@H]2c3ccccc3C[C@@H]2O)cc1. The first-order chi connectivity index (χ1) is 11.2. The standard InChI is InChI=1S/C19H17NO3/c1-2-11-23-15-9-7-13(8-10-15)19(22)20-18-16-6-4-3-5-14(16)12-17(18)21/h1,3-10,17-18,21H,11-12H2,(H,20,22)/t17-,18-/m0/s1. The van der Waals surface area contributed by atoms with Gasteiger partial charge in [0.15, 0.2) is 0 Å². The Hall–Kier alpha value is -2.77. The van der Waals surface area contributed by atoms with Crippen molar-refractivity contribution in [2.45, 2.75) is 18.6 Å². The summed E-state index contributed by atoms with van der Waals surface area (Å²) in [7, 11) is 0. The Morgan fingerprint density at radius 3 is 2.74 bits per heavy atom. The van der Waals surface area contributed by atoms with Crippen LogP contribution in [0.4, 0.5) is 0 Å². The van der Waals surface area contributed by atoms with Gasteiger partial charge in [-0.2, -0.15) is 0 Å². The van der Waals surface area contributed by atoms with Gasteiger partial charge >= 0.3 is 0 Å². The van der Waals surface area contributed by atoms with Gasteiger partial charge in [-0.1, -0.05) is 30.2 Å². The van der Waals surface area contributed by atoms with Crippen LogP contribution in [0.5, 0.6) is 5.75 Å². The van der Waals surface area contributed by atoms with Crippen molar-refractivity contribution in [3.8, 4) is 18.1 Å². The van der Waals surface area contributed by atoms with Gasteiger partial charge in [0.2, 0.25) is 0 Å². The quantitative estimate of drug-likeness (QED) is 0.850. The van der Waals surface area contributed by atoms with Gasteiger partial charge in [0.25, 0.3) is 5.91 Å². The van der Waals surface area contributed by atoms with Gasteiger partial charge in [0.1, 0.15) is 12.4 Å². The van der Waals surface area contributed by atoms with Crippen molar-refractivity contribution in [1.82, 2.24) is 5.32 Å². The van der Waals surface area contributed by atoms with Crippen molar-refractivity contribution in [2.24, 2.45) is 0 Å². The third kappa shape index (κ3) is 3.20. The highest BCUT2D eigenvalue weighted by molar-refractivity contribution is 5.94. The van der Waals surface area contributed by atoms with Crippen molar-refractivity contribution in [2.75, 3.05) is 6.61 Å². The summed E-state index contributed by atoms with van der Waals surface area (Å²) in [5.41, 5.74) is 2.56. The molecule has 2 atom stereocenters. The molecule has 0 bridgehead atoms. The molecule has 0 radical (unpaired) electrons. The lowest BCUT2D eigenvalue weighted by atomic mass is 10.1. The Kier molecular flexibility index (Phi) is 4.31. The Balaban J connectivity index is 1.71. The maximum Gasteiger partial charge on any atom is 0.251 e. The first-order valence-corrected chi connectivity index (χ1v) is 7.42. The molecule has 4 heteroatoms. The number of carbonyl (C=O) groups excluding carboxylic acids is 1. The average Bonchev–Trinajstić information content (AvgIpc) is 2.89. The zero-order valence-corrected chi connectivity index (χ0v) is 12.5. The third-order valence-electron chi connectivity index (χ3n) is 3.93. The second-order valence-corrected chi connectivity index (χ2v) is 5.44. The molecule has 1 amide bonds. The molecule has 0 heterocycles. The highest BCUT2D eigenvalue weighted by Gasteiger charge is 2.31. The minimum Gasteiger partial charge on any atom is -0.481 e. The Morgan fingerprint density at radius 2 is 2.00 bits per heavy atom. The maximum absolute atomic E-state index is 12.4. The smallest absolute Gasteiger partial charge is 0.251 e. The molecule has 0 saturated carbocycles. The summed E-state index contributed by atoms with van der Waals surface area (Å²) in [6, 6.07) is 14.1. The number of hydrogen-bond acceptors (Lipinski definition) is 3. The highest BCUT2D eigenvalue weighted by atomic mass is 16.5. The van der Waals surface area contributed by atoms with Gasteiger partial charge in [0, 0.05) is 12.0 Å². The van der Waals surface area contributed by atoms with Crippen LogP contribution >= 0.6 is 0 Å². The van der Waals surface area contributed by atoms with Crippen molar-refractivity contribution in [1.29, 1.82) is 0 Å². The molecule has 1 aliphatic rings. The summed E-state index contributed by atoms with van der Waals surface area (Å²) in [5.74, 6) is 2.78. The largest absolute Gasteiger partial charge is 0.481 e. The number of aliphatic hydroxyl groups excluding tert-OH is 1. The van der Waals surface area contributed by atoms with Crippen molar-refractivity contribution >= 4 is 5.91 Å². The predicted octanol–water partition coefficient (Wildman–Crippen LogP) is 2.09. The number of carbonyl (C=O) groups is 1. The molecule has 4 nitrogen and oxygen atoms in total. The Morgan fingerprint density at radius 1 is 1.26 bits per heavy atom. The minimum absolute atomic E-state index is 0.191. The van der Waals surface area contributed by atoms with Crippen molar-refractivity contribution in [3.63, 3.8) is 0 Å². The van der Waals surface area contributed by atoms with Gasteiger partial charge in [-0.3, -0.25) is 4.79 Å². The van der Waals surface area contributed by atoms with E-state index < -0.39 is 6.10 Å². The number of benzene rings is 2. The van der Waals surface area contributed by atoms with Gasteiger partial charge in [-0.05, 0) is 35.4 Å². The van der Waals surface area contributed by atoms with E-state index in [9.17, 15) is 9.90 Å². The monoisotopic (exact) mass is 307 g/mol. The molecular formula is C19H17NO3. The number of aliphatic hydroxyl groups is 1. The molecule has 0 spiro atoms. The van der Waals surface area contributed by atoms with E-state index in [1.165, 1.54) is 0 Å². The molecular weight excluding hydrogens is 290 g/mol.